The molecule has 0 amide bonds. The summed E-state index contributed by atoms with van der Waals surface area (Å²) in [5.41, 5.74) is 4.56. The van der Waals surface area contributed by atoms with Crippen LogP contribution in [0.3, 0.4) is 0 Å². The van der Waals surface area contributed by atoms with E-state index in [0.717, 1.165) is 48.1 Å². The van der Waals surface area contributed by atoms with E-state index < -0.39 is 11.8 Å². The molecule has 4 heteroatoms. The number of hydrogen-bond donors (Lipinski definition) is 0. The van der Waals surface area contributed by atoms with Gasteiger partial charge in [0.2, 0.25) is 0 Å². The van der Waals surface area contributed by atoms with Crippen molar-refractivity contribution in [3.05, 3.63) is 107 Å². The molecule has 3 aromatic rings. The van der Waals surface area contributed by atoms with Gasteiger partial charge in [0.1, 0.15) is 5.92 Å². The zero-order chi connectivity index (χ0) is 22.6. The number of ketones is 2. The first-order valence-electron chi connectivity index (χ1n) is 11.6. The maximum absolute atomic E-state index is 14.1. The number of hydrogen-bond acceptors (Lipinski definition) is 4. The first kappa shape index (κ1) is 21.2. The molecular weight excluding hydrogens is 408 g/mol. The zero-order valence-electron chi connectivity index (χ0n) is 18.5. The SMILES string of the molecule is O=C1c2ccccc2C(=NN=C2CCCCC2)C1C(=O)C(c1ccccc1)c1ccccc1. The van der Waals surface area contributed by atoms with Crippen molar-refractivity contribution in [2.24, 2.45) is 16.1 Å². The maximum Gasteiger partial charge on any atom is 0.180 e. The number of fused-ring (bicyclic) bond motifs is 1. The lowest BCUT2D eigenvalue weighted by Gasteiger charge is -2.20. The topological polar surface area (TPSA) is 58.9 Å². The number of rotatable bonds is 5. The zero-order valence-corrected chi connectivity index (χ0v) is 18.5. The number of Topliss-reactive ketones (excluding diaryl/α,β-unsaturated/α-hetero) is 2. The Hall–Kier alpha value is -3.66. The highest BCUT2D eigenvalue weighted by Gasteiger charge is 2.44. The molecule has 5 rings (SSSR count). The highest BCUT2D eigenvalue weighted by molar-refractivity contribution is 6.38. The fourth-order valence-electron chi connectivity index (χ4n) is 4.90. The average Bonchev–Trinajstić information content (AvgIpc) is 3.16. The van der Waals surface area contributed by atoms with Gasteiger partial charge >= 0.3 is 0 Å². The van der Waals surface area contributed by atoms with Crippen LogP contribution in [0, 0.1) is 5.92 Å². The summed E-state index contributed by atoms with van der Waals surface area (Å²) < 4.78 is 0. The lowest BCUT2D eigenvalue weighted by Crippen LogP contribution is -2.31. The standard InChI is InChI=1S/C29H26N2O2/c32-28-24-19-11-10-18-23(24)27(31-30-22-16-8-3-9-17-22)26(28)29(33)25(20-12-4-1-5-13-20)21-14-6-2-7-15-21/h1-2,4-7,10-15,18-19,25-26H,3,8-9,16-17H2. The van der Waals surface area contributed by atoms with Crippen LogP contribution in [-0.2, 0) is 4.79 Å². The monoisotopic (exact) mass is 434 g/mol. The molecule has 33 heavy (non-hydrogen) atoms. The van der Waals surface area contributed by atoms with Gasteiger partial charge in [-0.05, 0) is 36.8 Å². The molecule has 0 spiro atoms. The molecule has 0 saturated heterocycles. The van der Waals surface area contributed by atoms with Gasteiger partial charge in [0.15, 0.2) is 11.6 Å². The van der Waals surface area contributed by atoms with Gasteiger partial charge in [-0.3, -0.25) is 9.59 Å². The van der Waals surface area contributed by atoms with Crippen LogP contribution in [-0.4, -0.2) is 23.0 Å². The molecule has 0 aromatic heterocycles. The summed E-state index contributed by atoms with van der Waals surface area (Å²) >= 11 is 0. The molecular formula is C29H26N2O2. The predicted octanol–water partition coefficient (Wildman–Crippen LogP) is 6.01. The van der Waals surface area contributed by atoms with Crippen molar-refractivity contribution < 1.29 is 9.59 Å². The third-order valence-corrected chi connectivity index (χ3v) is 6.57. The van der Waals surface area contributed by atoms with E-state index in [1.165, 1.54) is 6.42 Å². The summed E-state index contributed by atoms with van der Waals surface area (Å²) in [6.07, 6.45) is 5.31. The summed E-state index contributed by atoms with van der Waals surface area (Å²) in [5, 5.41) is 9.11. The first-order chi connectivity index (χ1) is 16.2. The molecule has 2 aliphatic rings. The molecule has 0 heterocycles. The summed E-state index contributed by atoms with van der Waals surface area (Å²) in [4.78, 5) is 27.7. The first-order valence-corrected chi connectivity index (χ1v) is 11.6. The molecule has 0 radical (unpaired) electrons. The second kappa shape index (κ2) is 9.45. The van der Waals surface area contributed by atoms with E-state index in [2.05, 4.69) is 10.2 Å². The molecule has 0 bridgehead atoms. The Kier molecular flexibility index (Phi) is 6.07. The van der Waals surface area contributed by atoms with Gasteiger partial charge in [0.05, 0.1) is 11.6 Å². The largest absolute Gasteiger partial charge is 0.297 e. The van der Waals surface area contributed by atoms with Gasteiger partial charge in [0.25, 0.3) is 0 Å². The van der Waals surface area contributed by atoms with E-state index in [9.17, 15) is 9.59 Å². The van der Waals surface area contributed by atoms with Crippen molar-refractivity contribution in [2.75, 3.05) is 0 Å². The van der Waals surface area contributed by atoms with E-state index in [-0.39, 0.29) is 11.6 Å². The molecule has 1 unspecified atom stereocenters. The number of benzene rings is 3. The normalized spacial score (nSPS) is 19.1. The van der Waals surface area contributed by atoms with Crippen LogP contribution >= 0.6 is 0 Å². The van der Waals surface area contributed by atoms with Gasteiger partial charge in [-0.15, -0.1) is 0 Å². The third kappa shape index (κ3) is 4.21. The minimum Gasteiger partial charge on any atom is -0.297 e. The van der Waals surface area contributed by atoms with E-state index >= 15 is 0 Å². The Morgan fingerprint density at radius 1 is 0.697 bits per heavy atom. The van der Waals surface area contributed by atoms with Gasteiger partial charge in [-0.2, -0.15) is 10.2 Å². The molecule has 1 atom stereocenters. The van der Waals surface area contributed by atoms with Crippen LogP contribution in [0.5, 0.6) is 0 Å². The fourth-order valence-corrected chi connectivity index (χ4v) is 4.90. The average molecular weight is 435 g/mol. The molecule has 164 valence electrons. The maximum atomic E-state index is 14.1. The smallest absolute Gasteiger partial charge is 0.180 e. The Balaban J connectivity index is 1.60. The summed E-state index contributed by atoms with van der Waals surface area (Å²) in [6.45, 7) is 0. The highest BCUT2D eigenvalue weighted by Crippen LogP contribution is 2.35. The van der Waals surface area contributed by atoms with Crippen molar-refractivity contribution in [2.45, 2.75) is 38.0 Å². The van der Waals surface area contributed by atoms with Crippen molar-refractivity contribution >= 4 is 23.0 Å². The molecule has 1 fully saturated rings. The van der Waals surface area contributed by atoms with Gasteiger partial charge < -0.3 is 0 Å². The highest BCUT2D eigenvalue weighted by atomic mass is 16.2. The molecule has 0 aliphatic heterocycles. The van der Waals surface area contributed by atoms with Gasteiger partial charge in [-0.25, -0.2) is 0 Å². The van der Waals surface area contributed by atoms with Crippen LogP contribution in [0.1, 0.15) is 65.1 Å². The van der Waals surface area contributed by atoms with Crippen LogP contribution in [0.4, 0.5) is 0 Å². The van der Waals surface area contributed by atoms with E-state index in [1.54, 1.807) is 6.07 Å². The van der Waals surface area contributed by atoms with Crippen LogP contribution in [0.15, 0.2) is 95.1 Å². The number of carbonyl (C=O) groups is 2. The second-order valence-electron chi connectivity index (χ2n) is 8.71. The predicted molar refractivity (Wildman–Crippen MR) is 131 cm³/mol. The molecule has 0 N–H and O–H groups in total. The van der Waals surface area contributed by atoms with E-state index in [0.29, 0.717) is 11.3 Å². The van der Waals surface area contributed by atoms with Crippen molar-refractivity contribution in [1.82, 2.24) is 0 Å². The number of carbonyl (C=O) groups excluding carboxylic acids is 2. The third-order valence-electron chi connectivity index (χ3n) is 6.57. The van der Waals surface area contributed by atoms with Crippen molar-refractivity contribution in [3.63, 3.8) is 0 Å². The Labute approximate surface area is 194 Å². The summed E-state index contributed by atoms with van der Waals surface area (Å²) in [7, 11) is 0. The van der Waals surface area contributed by atoms with Crippen LogP contribution in [0.2, 0.25) is 0 Å². The second-order valence-corrected chi connectivity index (χ2v) is 8.71. The van der Waals surface area contributed by atoms with Gasteiger partial charge in [-0.1, -0.05) is 91.3 Å². The minimum atomic E-state index is -0.958. The minimum absolute atomic E-state index is 0.156. The van der Waals surface area contributed by atoms with Gasteiger partial charge in [0, 0.05) is 16.8 Å². The molecule has 3 aromatic carbocycles. The molecule has 4 nitrogen and oxygen atoms in total. The van der Waals surface area contributed by atoms with Crippen molar-refractivity contribution in [1.29, 1.82) is 0 Å². The van der Waals surface area contributed by atoms with E-state index in [4.69, 9.17) is 0 Å². The Morgan fingerprint density at radius 2 is 1.24 bits per heavy atom. The Morgan fingerprint density at radius 3 is 1.85 bits per heavy atom. The Bertz CT molecular complexity index is 1180. The fraction of sp³-hybridized carbons (Fsp3) is 0.241. The van der Waals surface area contributed by atoms with Crippen LogP contribution in [0.25, 0.3) is 0 Å². The molecule has 1 saturated carbocycles. The van der Waals surface area contributed by atoms with Crippen molar-refractivity contribution in [3.8, 4) is 0 Å². The molecule has 2 aliphatic carbocycles. The number of nitrogens with zero attached hydrogens (tertiary/aromatic N) is 2. The quantitative estimate of drug-likeness (QED) is 0.365. The lowest BCUT2D eigenvalue weighted by molar-refractivity contribution is -0.120. The summed E-state index contributed by atoms with van der Waals surface area (Å²) in [6, 6.07) is 26.7. The summed E-state index contributed by atoms with van der Waals surface area (Å²) in [5.74, 6) is -1.85. The van der Waals surface area contributed by atoms with E-state index in [1.807, 2.05) is 78.9 Å². The van der Waals surface area contributed by atoms with Crippen LogP contribution < -0.4 is 0 Å². The lowest BCUT2D eigenvalue weighted by atomic mass is 9.80.